The molecule has 2 heterocycles. The summed E-state index contributed by atoms with van der Waals surface area (Å²) in [6.45, 7) is 4.91. The normalized spacial score (nSPS) is 17.5. The highest BCUT2D eigenvalue weighted by molar-refractivity contribution is 5.20. The monoisotopic (exact) mass is 249 g/mol. The van der Waals surface area contributed by atoms with Gasteiger partial charge in [-0.25, -0.2) is 0 Å². The fourth-order valence-electron chi connectivity index (χ4n) is 1.95. The Bertz CT molecular complexity index is 456. The fourth-order valence-corrected chi connectivity index (χ4v) is 1.95. The van der Waals surface area contributed by atoms with E-state index in [1.165, 1.54) is 12.4 Å². The Morgan fingerprint density at radius 2 is 2.06 bits per heavy atom. The van der Waals surface area contributed by atoms with Crippen LogP contribution in [0.2, 0.25) is 0 Å². The van der Waals surface area contributed by atoms with Gasteiger partial charge in [-0.15, -0.1) is 6.42 Å². The van der Waals surface area contributed by atoms with Crippen molar-refractivity contribution in [2.75, 3.05) is 32.7 Å². The highest BCUT2D eigenvalue weighted by atomic mass is 16.6. The third kappa shape index (κ3) is 3.06. The number of hydrogen-bond acceptors (Lipinski definition) is 5. The molecule has 0 atom stereocenters. The van der Waals surface area contributed by atoms with E-state index in [0.717, 1.165) is 26.2 Å². The molecule has 1 aliphatic heterocycles. The number of rotatable bonds is 4. The maximum atomic E-state index is 10.5. The Labute approximate surface area is 105 Å². The van der Waals surface area contributed by atoms with Crippen LogP contribution in [0.25, 0.3) is 0 Å². The van der Waals surface area contributed by atoms with Crippen molar-refractivity contribution in [3.05, 3.63) is 22.5 Å². The quantitative estimate of drug-likeness (QED) is 0.427. The summed E-state index contributed by atoms with van der Waals surface area (Å²) in [7, 11) is 0. The van der Waals surface area contributed by atoms with Crippen molar-refractivity contribution >= 4 is 5.69 Å². The van der Waals surface area contributed by atoms with Crippen molar-refractivity contribution in [3.8, 4) is 12.3 Å². The molecule has 0 aromatic carbocycles. The summed E-state index contributed by atoms with van der Waals surface area (Å²) in [5.41, 5.74) is 0.0287. The molecule has 1 saturated heterocycles. The van der Waals surface area contributed by atoms with Gasteiger partial charge in [0.25, 0.3) is 0 Å². The first-order chi connectivity index (χ1) is 8.69. The highest BCUT2D eigenvalue weighted by Crippen LogP contribution is 2.09. The van der Waals surface area contributed by atoms with Crippen LogP contribution in [0.3, 0.4) is 0 Å². The van der Waals surface area contributed by atoms with Crippen molar-refractivity contribution < 1.29 is 4.92 Å². The van der Waals surface area contributed by atoms with Crippen LogP contribution >= 0.6 is 0 Å². The molecule has 1 aromatic rings. The van der Waals surface area contributed by atoms with E-state index in [1.807, 2.05) is 0 Å². The third-order valence-electron chi connectivity index (χ3n) is 2.96. The predicted octanol–water partition coefficient (Wildman–Crippen LogP) is -0.000400. The van der Waals surface area contributed by atoms with Gasteiger partial charge in [-0.2, -0.15) is 5.10 Å². The van der Waals surface area contributed by atoms with Crippen molar-refractivity contribution in [3.63, 3.8) is 0 Å². The zero-order valence-corrected chi connectivity index (χ0v) is 10.0. The van der Waals surface area contributed by atoms with Crippen LogP contribution < -0.4 is 0 Å². The number of nitro groups is 1. The minimum absolute atomic E-state index is 0.0287. The Morgan fingerprint density at radius 1 is 1.39 bits per heavy atom. The van der Waals surface area contributed by atoms with E-state index in [0.29, 0.717) is 13.2 Å². The van der Waals surface area contributed by atoms with Crippen molar-refractivity contribution in [2.24, 2.45) is 0 Å². The summed E-state index contributed by atoms with van der Waals surface area (Å²) in [6.07, 6.45) is 7.99. The zero-order valence-electron chi connectivity index (χ0n) is 10.0. The van der Waals surface area contributed by atoms with Gasteiger partial charge in [0.15, 0.2) is 0 Å². The van der Waals surface area contributed by atoms with Crippen LogP contribution in [0.5, 0.6) is 0 Å². The fraction of sp³-hybridized carbons (Fsp3) is 0.545. The van der Waals surface area contributed by atoms with Gasteiger partial charge in [-0.05, 0) is 0 Å². The SMILES string of the molecule is C#CCN1CCN(Cn2cc([N+](=O)[O-])cn2)CC1. The standard InChI is InChI=1S/C11H15N5O2/c1-2-3-13-4-6-14(7-5-13)10-15-9-11(8-12-15)16(17)18/h1,8-9H,3-7,10H2. The van der Waals surface area contributed by atoms with E-state index in [-0.39, 0.29) is 5.69 Å². The van der Waals surface area contributed by atoms with E-state index < -0.39 is 4.92 Å². The minimum atomic E-state index is -0.436. The Morgan fingerprint density at radius 3 is 2.61 bits per heavy atom. The molecule has 0 radical (unpaired) electrons. The Balaban J connectivity index is 1.84. The van der Waals surface area contributed by atoms with Gasteiger partial charge >= 0.3 is 5.69 Å². The summed E-state index contributed by atoms with van der Waals surface area (Å²) in [5.74, 6) is 2.63. The van der Waals surface area contributed by atoms with E-state index >= 15 is 0 Å². The van der Waals surface area contributed by atoms with Gasteiger partial charge in [0.2, 0.25) is 0 Å². The van der Waals surface area contributed by atoms with Crippen LogP contribution in [-0.2, 0) is 6.67 Å². The molecule has 1 aliphatic rings. The molecule has 18 heavy (non-hydrogen) atoms. The van der Waals surface area contributed by atoms with Gasteiger partial charge in [0.1, 0.15) is 12.4 Å². The lowest BCUT2D eigenvalue weighted by molar-refractivity contribution is -0.385. The lowest BCUT2D eigenvalue weighted by Crippen LogP contribution is -2.46. The molecule has 7 heteroatoms. The number of terminal acetylenes is 1. The number of aromatic nitrogens is 2. The van der Waals surface area contributed by atoms with Crippen LogP contribution in [-0.4, -0.2) is 57.2 Å². The molecule has 2 rings (SSSR count). The maximum absolute atomic E-state index is 10.5. The second-order valence-electron chi connectivity index (χ2n) is 4.23. The molecule has 0 spiro atoms. The molecule has 0 aliphatic carbocycles. The van der Waals surface area contributed by atoms with Crippen molar-refractivity contribution in [1.82, 2.24) is 19.6 Å². The summed E-state index contributed by atoms with van der Waals surface area (Å²) >= 11 is 0. The average molecular weight is 249 g/mol. The third-order valence-corrected chi connectivity index (χ3v) is 2.96. The van der Waals surface area contributed by atoms with E-state index in [2.05, 4.69) is 20.8 Å². The molecule has 1 aromatic heterocycles. The highest BCUT2D eigenvalue weighted by Gasteiger charge is 2.17. The van der Waals surface area contributed by atoms with Crippen LogP contribution in [0.4, 0.5) is 5.69 Å². The largest absolute Gasteiger partial charge is 0.307 e. The van der Waals surface area contributed by atoms with Gasteiger partial charge in [0, 0.05) is 26.2 Å². The first kappa shape index (κ1) is 12.5. The molecular weight excluding hydrogens is 234 g/mol. The zero-order chi connectivity index (χ0) is 13.0. The summed E-state index contributed by atoms with van der Waals surface area (Å²) in [6, 6.07) is 0. The second-order valence-corrected chi connectivity index (χ2v) is 4.23. The number of piperazine rings is 1. The summed E-state index contributed by atoms with van der Waals surface area (Å²) in [4.78, 5) is 14.5. The van der Waals surface area contributed by atoms with E-state index in [9.17, 15) is 10.1 Å². The number of hydrogen-bond donors (Lipinski definition) is 0. The van der Waals surface area contributed by atoms with E-state index in [1.54, 1.807) is 4.68 Å². The minimum Gasteiger partial charge on any atom is -0.290 e. The Kier molecular flexibility index (Phi) is 3.92. The lowest BCUT2D eigenvalue weighted by atomic mass is 10.3. The van der Waals surface area contributed by atoms with Crippen molar-refractivity contribution in [2.45, 2.75) is 6.67 Å². The molecule has 1 fully saturated rings. The van der Waals surface area contributed by atoms with Gasteiger partial charge in [-0.1, -0.05) is 5.92 Å². The summed E-state index contributed by atoms with van der Waals surface area (Å²) < 4.78 is 1.59. The summed E-state index contributed by atoms with van der Waals surface area (Å²) in [5, 5.41) is 14.5. The topological polar surface area (TPSA) is 67.4 Å². The predicted molar refractivity (Wildman–Crippen MR) is 65.7 cm³/mol. The number of nitrogens with zero attached hydrogens (tertiary/aromatic N) is 5. The molecule has 0 bridgehead atoms. The molecule has 7 nitrogen and oxygen atoms in total. The maximum Gasteiger partial charge on any atom is 0.307 e. The smallest absolute Gasteiger partial charge is 0.290 e. The molecule has 0 N–H and O–H groups in total. The van der Waals surface area contributed by atoms with Crippen molar-refractivity contribution in [1.29, 1.82) is 0 Å². The van der Waals surface area contributed by atoms with Gasteiger partial charge < -0.3 is 0 Å². The van der Waals surface area contributed by atoms with Crippen LogP contribution in [0.15, 0.2) is 12.4 Å². The van der Waals surface area contributed by atoms with Crippen LogP contribution in [0, 0.1) is 22.5 Å². The second kappa shape index (κ2) is 5.62. The molecule has 0 saturated carbocycles. The van der Waals surface area contributed by atoms with E-state index in [4.69, 9.17) is 6.42 Å². The van der Waals surface area contributed by atoms with Crippen LogP contribution in [0.1, 0.15) is 0 Å². The molecule has 0 unspecified atom stereocenters. The first-order valence-electron chi connectivity index (χ1n) is 5.74. The molecule has 0 amide bonds. The van der Waals surface area contributed by atoms with Gasteiger partial charge in [0.05, 0.1) is 18.1 Å². The first-order valence-corrected chi connectivity index (χ1v) is 5.74. The van der Waals surface area contributed by atoms with Gasteiger partial charge in [-0.3, -0.25) is 24.6 Å². The lowest BCUT2D eigenvalue weighted by Gasteiger charge is -2.33. The average Bonchev–Trinajstić information content (AvgIpc) is 2.81. The molecule has 96 valence electrons. The Hall–Kier alpha value is -1.91. The molecular formula is C11H15N5O2.